The van der Waals surface area contributed by atoms with Gasteiger partial charge in [-0.2, -0.15) is 5.26 Å². The molecule has 4 rings (SSSR count). The van der Waals surface area contributed by atoms with E-state index in [0.29, 0.717) is 11.7 Å². The summed E-state index contributed by atoms with van der Waals surface area (Å²) >= 11 is 0. The summed E-state index contributed by atoms with van der Waals surface area (Å²) in [4.78, 5) is 4.72. The van der Waals surface area contributed by atoms with Gasteiger partial charge in [-0.25, -0.2) is 0 Å². The number of aromatic nitrogens is 2. The summed E-state index contributed by atoms with van der Waals surface area (Å²) in [6, 6.07) is 21.1. The van der Waals surface area contributed by atoms with Crippen LogP contribution in [-0.2, 0) is 6.42 Å². The monoisotopic (exact) mass is 343 g/mol. The molecule has 1 aliphatic rings. The molecule has 0 aliphatic carbocycles. The number of hydrogen-bond acceptors (Lipinski definition) is 5. The van der Waals surface area contributed by atoms with E-state index in [1.807, 2.05) is 30.3 Å². The minimum atomic E-state index is 0.393. The summed E-state index contributed by atoms with van der Waals surface area (Å²) in [5.74, 6) is 0. The van der Waals surface area contributed by atoms with E-state index in [1.54, 1.807) is 0 Å². The van der Waals surface area contributed by atoms with Crippen LogP contribution in [0, 0.1) is 11.3 Å². The van der Waals surface area contributed by atoms with Gasteiger partial charge < -0.3 is 4.90 Å². The van der Waals surface area contributed by atoms with Crippen molar-refractivity contribution in [2.24, 2.45) is 0 Å². The van der Waals surface area contributed by atoms with Crippen molar-refractivity contribution in [2.45, 2.75) is 12.5 Å². The third kappa shape index (κ3) is 3.12. The summed E-state index contributed by atoms with van der Waals surface area (Å²) in [5.41, 5.74) is 3.50. The predicted molar refractivity (Wildman–Crippen MR) is 103 cm³/mol. The first kappa shape index (κ1) is 16.5. The summed E-state index contributed by atoms with van der Waals surface area (Å²) < 4.78 is 0. The molecule has 1 saturated heterocycles. The highest BCUT2D eigenvalue weighted by molar-refractivity contribution is 5.93. The molecule has 1 aliphatic heterocycles. The van der Waals surface area contributed by atoms with E-state index in [0.717, 1.165) is 42.6 Å². The lowest BCUT2D eigenvalue weighted by Crippen LogP contribution is -2.52. The predicted octanol–water partition coefficient (Wildman–Crippen LogP) is 2.86. The molecule has 0 saturated carbocycles. The number of fused-ring (bicyclic) bond motifs is 1. The lowest BCUT2D eigenvalue weighted by atomic mass is 10.0. The molecule has 0 radical (unpaired) electrons. The van der Waals surface area contributed by atoms with E-state index in [1.165, 1.54) is 5.56 Å². The Kier molecular flexibility index (Phi) is 4.51. The molecule has 0 bridgehead atoms. The van der Waals surface area contributed by atoms with Gasteiger partial charge in [-0.1, -0.05) is 48.5 Å². The average molecular weight is 343 g/mol. The molecular formula is C21H21N5. The van der Waals surface area contributed by atoms with E-state index < -0.39 is 0 Å². The molecular weight excluding hydrogens is 322 g/mol. The van der Waals surface area contributed by atoms with Gasteiger partial charge in [0, 0.05) is 31.1 Å². The quantitative estimate of drug-likeness (QED) is 0.732. The Morgan fingerprint density at radius 2 is 1.81 bits per heavy atom. The zero-order valence-electron chi connectivity index (χ0n) is 14.8. The second-order valence-electron chi connectivity index (χ2n) is 6.80. The van der Waals surface area contributed by atoms with Crippen LogP contribution in [0.2, 0.25) is 0 Å². The van der Waals surface area contributed by atoms with Crippen molar-refractivity contribution in [3.63, 3.8) is 0 Å². The zero-order chi connectivity index (χ0) is 17.9. The number of anilines is 1. The van der Waals surface area contributed by atoms with Crippen molar-refractivity contribution >= 4 is 16.6 Å². The van der Waals surface area contributed by atoms with E-state index >= 15 is 0 Å². The molecule has 0 amide bonds. The molecule has 26 heavy (non-hydrogen) atoms. The van der Waals surface area contributed by atoms with Gasteiger partial charge in [-0.15, -0.1) is 10.2 Å². The van der Waals surface area contributed by atoms with Crippen LogP contribution in [0.3, 0.4) is 0 Å². The Morgan fingerprint density at radius 1 is 1.04 bits per heavy atom. The fourth-order valence-corrected chi connectivity index (χ4v) is 3.69. The van der Waals surface area contributed by atoms with E-state index in [-0.39, 0.29) is 0 Å². The lowest BCUT2D eigenvalue weighted by Gasteiger charge is -2.41. The fraction of sp³-hybridized carbons (Fsp3) is 0.286. The van der Waals surface area contributed by atoms with E-state index in [9.17, 15) is 5.26 Å². The fourth-order valence-electron chi connectivity index (χ4n) is 3.69. The third-order valence-corrected chi connectivity index (χ3v) is 5.15. The number of benzene rings is 2. The maximum absolute atomic E-state index is 9.57. The molecule has 1 atom stereocenters. The molecule has 1 unspecified atom stereocenters. The second kappa shape index (κ2) is 7.11. The number of rotatable bonds is 3. The molecule has 130 valence electrons. The first-order valence-electron chi connectivity index (χ1n) is 8.91. The molecule has 5 nitrogen and oxygen atoms in total. The molecule has 2 aromatic carbocycles. The average Bonchev–Trinajstić information content (AvgIpc) is 2.69. The van der Waals surface area contributed by atoms with Crippen LogP contribution >= 0.6 is 0 Å². The normalized spacial score (nSPS) is 18.0. The van der Waals surface area contributed by atoms with Crippen LogP contribution in [0.25, 0.3) is 10.9 Å². The molecule has 1 aromatic heterocycles. The van der Waals surface area contributed by atoms with Crippen LogP contribution < -0.4 is 4.90 Å². The summed E-state index contributed by atoms with van der Waals surface area (Å²) in [7, 11) is 2.18. The number of piperazine rings is 1. The Morgan fingerprint density at radius 3 is 2.62 bits per heavy atom. The Labute approximate surface area is 153 Å². The Balaban J connectivity index is 1.68. The molecule has 5 heteroatoms. The van der Waals surface area contributed by atoms with Gasteiger partial charge in [0.05, 0.1) is 11.2 Å². The molecule has 0 N–H and O–H groups in total. The number of likely N-dealkylation sites (N-methyl/N-ethyl adjacent to an activating group) is 1. The maximum Gasteiger partial charge on any atom is 0.187 e. The number of nitrogens with zero attached hydrogens (tertiary/aromatic N) is 5. The number of nitriles is 1. The van der Waals surface area contributed by atoms with Crippen molar-refractivity contribution in [2.75, 3.05) is 31.6 Å². The van der Waals surface area contributed by atoms with Crippen LogP contribution in [0.15, 0.2) is 54.6 Å². The zero-order valence-corrected chi connectivity index (χ0v) is 14.8. The minimum Gasteiger partial charge on any atom is -0.366 e. The van der Waals surface area contributed by atoms with Gasteiger partial charge in [-0.3, -0.25) is 4.90 Å². The SMILES string of the molecule is CN1CCN(c2c(C#N)nnc3ccccc23)CC1Cc1ccccc1. The van der Waals surface area contributed by atoms with E-state index in [4.69, 9.17) is 0 Å². The molecule has 0 spiro atoms. The highest BCUT2D eigenvalue weighted by atomic mass is 15.3. The topological polar surface area (TPSA) is 56.0 Å². The van der Waals surface area contributed by atoms with Crippen LogP contribution in [0.4, 0.5) is 5.69 Å². The maximum atomic E-state index is 9.57. The smallest absolute Gasteiger partial charge is 0.187 e. The largest absolute Gasteiger partial charge is 0.366 e. The van der Waals surface area contributed by atoms with Crippen molar-refractivity contribution in [3.8, 4) is 6.07 Å². The summed E-state index contributed by atoms with van der Waals surface area (Å²) in [5, 5.41) is 18.9. The van der Waals surface area contributed by atoms with Crippen molar-refractivity contribution in [1.29, 1.82) is 5.26 Å². The Bertz CT molecular complexity index is 948. The third-order valence-electron chi connectivity index (χ3n) is 5.15. The van der Waals surface area contributed by atoms with Gasteiger partial charge in [-0.05, 0) is 25.1 Å². The lowest BCUT2D eigenvalue weighted by molar-refractivity contribution is 0.217. The minimum absolute atomic E-state index is 0.393. The highest BCUT2D eigenvalue weighted by Crippen LogP contribution is 2.30. The van der Waals surface area contributed by atoms with Crippen LogP contribution in [0.1, 0.15) is 11.3 Å². The van der Waals surface area contributed by atoms with Crippen LogP contribution in [-0.4, -0.2) is 47.8 Å². The van der Waals surface area contributed by atoms with Crippen molar-refractivity contribution in [1.82, 2.24) is 15.1 Å². The summed E-state index contributed by atoms with van der Waals surface area (Å²) in [6.07, 6.45) is 0.992. The van der Waals surface area contributed by atoms with Gasteiger partial charge in [0.2, 0.25) is 0 Å². The number of hydrogen-bond donors (Lipinski definition) is 0. The first-order valence-corrected chi connectivity index (χ1v) is 8.91. The molecule has 3 aromatic rings. The van der Waals surface area contributed by atoms with Crippen molar-refractivity contribution < 1.29 is 0 Å². The Hall–Kier alpha value is -2.97. The first-order chi connectivity index (χ1) is 12.8. The second-order valence-corrected chi connectivity index (χ2v) is 6.80. The van der Waals surface area contributed by atoms with Gasteiger partial charge in [0.25, 0.3) is 0 Å². The highest BCUT2D eigenvalue weighted by Gasteiger charge is 2.27. The van der Waals surface area contributed by atoms with Crippen molar-refractivity contribution in [3.05, 3.63) is 65.9 Å². The standard InChI is InChI=1S/C21H21N5/c1-25-11-12-26(15-17(25)13-16-7-3-2-4-8-16)21-18-9-5-6-10-19(18)23-24-20(21)14-22/h2-10,17H,11-13,15H2,1H3. The molecule has 2 heterocycles. The van der Waals surface area contributed by atoms with Crippen LogP contribution in [0.5, 0.6) is 0 Å². The molecule has 1 fully saturated rings. The van der Waals surface area contributed by atoms with Gasteiger partial charge >= 0.3 is 0 Å². The van der Waals surface area contributed by atoms with Gasteiger partial charge in [0.1, 0.15) is 6.07 Å². The van der Waals surface area contributed by atoms with E-state index in [2.05, 4.69) is 57.4 Å². The summed E-state index contributed by atoms with van der Waals surface area (Å²) in [6.45, 7) is 2.71. The van der Waals surface area contributed by atoms with Gasteiger partial charge in [0.15, 0.2) is 5.69 Å².